The molecule has 1 aromatic carbocycles. The first-order valence-corrected chi connectivity index (χ1v) is 6.05. The van der Waals surface area contributed by atoms with E-state index in [0.29, 0.717) is 17.0 Å². The molecule has 0 bridgehead atoms. The summed E-state index contributed by atoms with van der Waals surface area (Å²) in [6, 6.07) is 9.31. The highest BCUT2D eigenvalue weighted by atomic mass is 19.4. The van der Waals surface area contributed by atoms with E-state index in [1.807, 2.05) is 0 Å². The average Bonchev–Trinajstić information content (AvgIpc) is 2.90. The van der Waals surface area contributed by atoms with Crippen LogP contribution in [0.5, 0.6) is 5.75 Å². The monoisotopic (exact) mass is 293 g/mol. The van der Waals surface area contributed by atoms with Gasteiger partial charge in [0.15, 0.2) is 5.65 Å². The van der Waals surface area contributed by atoms with Crippen molar-refractivity contribution in [3.8, 4) is 17.0 Å². The van der Waals surface area contributed by atoms with Crippen molar-refractivity contribution in [1.82, 2.24) is 14.6 Å². The van der Waals surface area contributed by atoms with Crippen LogP contribution in [0.15, 0.2) is 42.6 Å². The second-order valence-electron chi connectivity index (χ2n) is 4.36. The topological polar surface area (TPSA) is 39.4 Å². The molecule has 0 saturated carbocycles. The van der Waals surface area contributed by atoms with Gasteiger partial charge in [-0.2, -0.15) is 18.3 Å². The van der Waals surface area contributed by atoms with Crippen LogP contribution in [0.25, 0.3) is 16.9 Å². The van der Waals surface area contributed by atoms with Gasteiger partial charge in [0.2, 0.25) is 0 Å². The minimum atomic E-state index is -4.48. The standard InChI is InChI=1S/C14H10F3N3O/c1-21-10-4-2-9(3-5-10)11-8-13-18-7-6-12(14(15,16)17)20(13)19-11/h2-8H,1H3. The minimum Gasteiger partial charge on any atom is -0.497 e. The Morgan fingerprint density at radius 2 is 1.81 bits per heavy atom. The molecule has 108 valence electrons. The lowest BCUT2D eigenvalue weighted by atomic mass is 10.1. The van der Waals surface area contributed by atoms with Crippen LogP contribution in [-0.4, -0.2) is 21.7 Å². The van der Waals surface area contributed by atoms with Crippen LogP contribution in [-0.2, 0) is 6.18 Å². The van der Waals surface area contributed by atoms with Crippen molar-refractivity contribution in [2.24, 2.45) is 0 Å². The number of hydrogen-bond acceptors (Lipinski definition) is 3. The molecule has 0 spiro atoms. The molecular formula is C14H10F3N3O. The Hall–Kier alpha value is -2.57. The molecule has 3 aromatic rings. The van der Waals surface area contributed by atoms with Gasteiger partial charge in [-0.1, -0.05) is 0 Å². The number of benzene rings is 1. The molecule has 0 aliphatic carbocycles. The van der Waals surface area contributed by atoms with E-state index in [1.54, 1.807) is 31.4 Å². The number of methoxy groups -OCH3 is 1. The third kappa shape index (κ3) is 2.42. The highest BCUT2D eigenvalue weighted by Gasteiger charge is 2.34. The average molecular weight is 293 g/mol. The zero-order chi connectivity index (χ0) is 15.0. The summed E-state index contributed by atoms with van der Waals surface area (Å²) < 4.78 is 44.6. The van der Waals surface area contributed by atoms with E-state index >= 15 is 0 Å². The van der Waals surface area contributed by atoms with Crippen LogP contribution in [0, 0.1) is 0 Å². The lowest BCUT2D eigenvalue weighted by Gasteiger charge is -2.07. The van der Waals surface area contributed by atoms with Gasteiger partial charge in [-0.25, -0.2) is 9.50 Å². The van der Waals surface area contributed by atoms with Crippen molar-refractivity contribution >= 4 is 5.65 Å². The smallest absolute Gasteiger partial charge is 0.433 e. The predicted molar refractivity (Wildman–Crippen MR) is 70.0 cm³/mol. The summed E-state index contributed by atoms with van der Waals surface area (Å²) >= 11 is 0. The maximum atomic E-state index is 12.9. The first-order chi connectivity index (χ1) is 9.99. The quantitative estimate of drug-likeness (QED) is 0.726. The number of alkyl halides is 3. The van der Waals surface area contributed by atoms with Crippen LogP contribution >= 0.6 is 0 Å². The van der Waals surface area contributed by atoms with Gasteiger partial charge in [-0.05, 0) is 30.3 Å². The molecule has 7 heteroatoms. The molecule has 0 unspecified atom stereocenters. The number of halogens is 3. The Morgan fingerprint density at radius 3 is 2.43 bits per heavy atom. The lowest BCUT2D eigenvalue weighted by Crippen LogP contribution is -2.12. The summed E-state index contributed by atoms with van der Waals surface area (Å²) in [5, 5.41) is 4.00. The number of ether oxygens (including phenoxy) is 1. The molecular weight excluding hydrogens is 283 g/mol. The molecule has 0 radical (unpaired) electrons. The number of fused-ring (bicyclic) bond motifs is 1. The molecule has 0 saturated heterocycles. The van der Waals surface area contributed by atoms with Crippen molar-refractivity contribution < 1.29 is 17.9 Å². The SMILES string of the molecule is COc1ccc(-c2cc3nccc(C(F)(F)F)n3n2)cc1. The Kier molecular flexibility index (Phi) is 3.04. The molecule has 2 aromatic heterocycles. The van der Waals surface area contributed by atoms with Gasteiger partial charge < -0.3 is 4.74 Å². The number of aromatic nitrogens is 3. The molecule has 0 atom stereocenters. The van der Waals surface area contributed by atoms with Crippen LogP contribution in [0.1, 0.15) is 5.69 Å². The van der Waals surface area contributed by atoms with Gasteiger partial charge in [0.25, 0.3) is 0 Å². The summed E-state index contributed by atoms with van der Waals surface area (Å²) in [4.78, 5) is 3.91. The summed E-state index contributed by atoms with van der Waals surface area (Å²) in [5.74, 6) is 0.664. The fraction of sp³-hybridized carbons (Fsp3) is 0.143. The van der Waals surface area contributed by atoms with Crippen molar-refractivity contribution in [2.75, 3.05) is 7.11 Å². The van der Waals surface area contributed by atoms with Gasteiger partial charge in [0, 0.05) is 17.8 Å². The molecule has 4 nitrogen and oxygen atoms in total. The van der Waals surface area contributed by atoms with Crippen molar-refractivity contribution in [3.63, 3.8) is 0 Å². The van der Waals surface area contributed by atoms with Gasteiger partial charge in [-0.3, -0.25) is 0 Å². The highest BCUT2D eigenvalue weighted by Crippen LogP contribution is 2.30. The van der Waals surface area contributed by atoms with E-state index in [-0.39, 0.29) is 5.65 Å². The second kappa shape index (κ2) is 4.76. The molecule has 3 rings (SSSR count). The number of nitrogens with zero attached hydrogens (tertiary/aromatic N) is 3. The summed E-state index contributed by atoms with van der Waals surface area (Å²) in [5.41, 5.74) is 0.402. The van der Waals surface area contributed by atoms with Gasteiger partial charge in [0.05, 0.1) is 12.8 Å². The molecule has 0 aliphatic rings. The maximum Gasteiger partial charge on any atom is 0.433 e. The van der Waals surface area contributed by atoms with Gasteiger partial charge in [0.1, 0.15) is 11.4 Å². The number of hydrogen-bond donors (Lipinski definition) is 0. The van der Waals surface area contributed by atoms with Crippen molar-refractivity contribution in [1.29, 1.82) is 0 Å². The third-order valence-electron chi connectivity index (χ3n) is 3.03. The van der Waals surface area contributed by atoms with Gasteiger partial charge in [-0.15, -0.1) is 0 Å². The summed E-state index contributed by atoms with van der Waals surface area (Å²) in [7, 11) is 1.54. The fourth-order valence-electron chi connectivity index (χ4n) is 2.01. The zero-order valence-corrected chi connectivity index (χ0v) is 10.9. The lowest BCUT2D eigenvalue weighted by molar-refractivity contribution is -0.142. The van der Waals surface area contributed by atoms with E-state index in [0.717, 1.165) is 16.8 Å². The number of rotatable bonds is 2. The highest BCUT2D eigenvalue weighted by molar-refractivity contribution is 5.64. The van der Waals surface area contributed by atoms with Gasteiger partial charge >= 0.3 is 6.18 Å². The van der Waals surface area contributed by atoms with E-state index < -0.39 is 11.9 Å². The molecule has 0 fully saturated rings. The zero-order valence-electron chi connectivity index (χ0n) is 10.9. The Bertz CT molecular complexity index is 778. The molecule has 0 aliphatic heterocycles. The van der Waals surface area contributed by atoms with E-state index in [9.17, 15) is 13.2 Å². The van der Waals surface area contributed by atoms with Crippen LogP contribution in [0.4, 0.5) is 13.2 Å². The summed E-state index contributed by atoms with van der Waals surface area (Å²) in [6.07, 6.45) is -3.36. The van der Waals surface area contributed by atoms with Crippen LogP contribution in [0.3, 0.4) is 0 Å². The minimum absolute atomic E-state index is 0.149. The molecule has 21 heavy (non-hydrogen) atoms. The largest absolute Gasteiger partial charge is 0.497 e. The van der Waals surface area contributed by atoms with E-state index in [4.69, 9.17) is 4.74 Å². The summed E-state index contributed by atoms with van der Waals surface area (Å²) in [6.45, 7) is 0. The van der Waals surface area contributed by atoms with E-state index in [2.05, 4.69) is 10.1 Å². The predicted octanol–water partition coefficient (Wildman–Crippen LogP) is 3.42. The van der Waals surface area contributed by atoms with Crippen LogP contribution < -0.4 is 4.74 Å². The first-order valence-electron chi connectivity index (χ1n) is 6.05. The first kappa shape index (κ1) is 13.4. The Morgan fingerprint density at radius 1 is 1.10 bits per heavy atom. The van der Waals surface area contributed by atoms with Crippen molar-refractivity contribution in [3.05, 3.63) is 48.3 Å². The fourth-order valence-corrected chi connectivity index (χ4v) is 2.01. The van der Waals surface area contributed by atoms with Crippen LogP contribution in [0.2, 0.25) is 0 Å². The third-order valence-corrected chi connectivity index (χ3v) is 3.03. The Balaban J connectivity index is 2.12. The Labute approximate surface area is 117 Å². The molecule has 0 N–H and O–H groups in total. The van der Waals surface area contributed by atoms with Crippen molar-refractivity contribution in [2.45, 2.75) is 6.18 Å². The maximum absolute atomic E-state index is 12.9. The molecule has 2 heterocycles. The molecule has 0 amide bonds. The normalized spacial score (nSPS) is 11.8. The van der Waals surface area contributed by atoms with E-state index in [1.165, 1.54) is 6.07 Å². The second-order valence-corrected chi connectivity index (χ2v) is 4.36.